The van der Waals surface area contributed by atoms with Crippen molar-refractivity contribution in [2.75, 3.05) is 19.8 Å². The smallest absolute Gasteiger partial charge is 0.158 e. The van der Waals surface area contributed by atoms with Gasteiger partial charge in [-0.3, -0.25) is 0 Å². The van der Waals surface area contributed by atoms with Crippen LogP contribution in [0.15, 0.2) is 30.3 Å². The normalized spacial score (nSPS) is 37.2. The lowest BCUT2D eigenvalue weighted by atomic mass is 9.73. The Morgan fingerprint density at radius 1 is 1.36 bits per heavy atom. The summed E-state index contributed by atoms with van der Waals surface area (Å²) in [7, 11) is 0. The summed E-state index contributed by atoms with van der Waals surface area (Å²) in [5.41, 5.74) is 0.502. The maximum absolute atomic E-state index is 11.4. The van der Waals surface area contributed by atoms with E-state index in [1.165, 1.54) is 0 Å². The predicted octanol–water partition coefficient (Wildman–Crippen LogP) is 0.982. The molecular weight excluding hydrogens is 284 g/mol. The molecule has 1 saturated heterocycles. The molecule has 1 saturated carbocycles. The molecule has 0 radical (unpaired) electrons. The van der Waals surface area contributed by atoms with E-state index in [1.54, 1.807) is 0 Å². The average Bonchev–Trinajstić information content (AvgIpc) is 3.04. The summed E-state index contributed by atoms with van der Waals surface area (Å²) in [5.74, 6) is -0.523. The molecule has 1 unspecified atom stereocenters. The van der Waals surface area contributed by atoms with Crippen molar-refractivity contribution in [1.29, 1.82) is 0 Å². The Kier molecular flexibility index (Phi) is 4.59. The van der Waals surface area contributed by atoms with Gasteiger partial charge in [0.1, 0.15) is 6.29 Å². The lowest BCUT2D eigenvalue weighted by Gasteiger charge is -2.33. The number of hydrogen-bond acceptors (Lipinski definition) is 5. The first kappa shape index (κ1) is 15.6. The van der Waals surface area contributed by atoms with Crippen molar-refractivity contribution in [3.05, 3.63) is 35.9 Å². The maximum atomic E-state index is 11.4. The van der Waals surface area contributed by atoms with E-state index in [4.69, 9.17) is 9.47 Å². The zero-order valence-corrected chi connectivity index (χ0v) is 12.4. The van der Waals surface area contributed by atoms with Crippen LogP contribution in [0, 0.1) is 23.2 Å². The summed E-state index contributed by atoms with van der Waals surface area (Å²) in [5, 5.41) is 19.8. The molecule has 0 aromatic heterocycles. The van der Waals surface area contributed by atoms with E-state index in [2.05, 4.69) is 0 Å². The molecule has 3 rings (SSSR count). The molecule has 22 heavy (non-hydrogen) atoms. The van der Waals surface area contributed by atoms with E-state index in [1.807, 2.05) is 30.3 Å². The number of ether oxygens (including phenoxy) is 2. The first-order valence-electron chi connectivity index (χ1n) is 7.69. The number of aliphatic hydroxyl groups excluding tert-OH is 2. The summed E-state index contributed by atoms with van der Waals surface area (Å²) in [4.78, 5) is 11.4. The molecule has 2 N–H and O–H groups in total. The molecular formula is C17H22O5. The molecule has 2 fully saturated rings. The number of aliphatic hydroxyl groups is 2. The van der Waals surface area contributed by atoms with Crippen LogP contribution >= 0.6 is 0 Å². The number of carbonyl (C=O) groups excluding carboxylic acids is 1. The molecule has 0 amide bonds. The number of fused-ring (bicyclic) bond motifs is 1. The Morgan fingerprint density at radius 2 is 2.14 bits per heavy atom. The van der Waals surface area contributed by atoms with E-state index in [-0.39, 0.29) is 31.0 Å². The number of aldehydes is 1. The quantitative estimate of drug-likeness (QED) is 0.766. The van der Waals surface area contributed by atoms with E-state index < -0.39 is 11.7 Å². The van der Waals surface area contributed by atoms with Gasteiger partial charge in [-0.25, -0.2) is 0 Å². The summed E-state index contributed by atoms with van der Waals surface area (Å²) in [6.45, 7) is 1.03. The number of rotatable bonds is 6. The molecule has 5 heteroatoms. The highest BCUT2D eigenvalue weighted by Crippen LogP contribution is 2.55. The topological polar surface area (TPSA) is 76.0 Å². The third-order valence-corrected chi connectivity index (χ3v) is 5.26. The zero-order chi connectivity index (χ0) is 15.6. The van der Waals surface area contributed by atoms with Crippen molar-refractivity contribution < 1.29 is 24.5 Å². The van der Waals surface area contributed by atoms with Gasteiger partial charge in [0.2, 0.25) is 0 Å². The van der Waals surface area contributed by atoms with Gasteiger partial charge in [-0.2, -0.15) is 0 Å². The van der Waals surface area contributed by atoms with Gasteiger partial charge in [0.25, 0.3) is 0 Å². The zero-order valence-electron chi connectivity index (χ0n) is 12.4. The Labute approximate surface area is 129 Å². The van der Waals surface area contributed by atoms with Gasteiger partial charge in [-0.1, -0.05) is 30.3 Å². The summed E-state index contributed by atoms with van der Waals surface area (Å²) < 4.78 is 11.1. The van der Waals surface area contributed by atoms with Gasteiger partial charge in [0, 0.05) is 23.2 Å². The summed E-state index contributed by atoms with van der Waals surface area (Å²) >= 11 is 0. The van der Waals surface area contributed by atoms with Crippen LogP contribution in [0.3, 0.4) is 0 Å². The van der Waals surface area contributed by atoms with Gasteiger partial charge in [-0.15, -0.1) is 0 Å². The van der Waals surface area contributed by atoms with Gasteiger partial charge >= 0.3 is 0 Å². The number of hydrogen-bond donors (Lipinski definition) is 2. The molecule has 1 aliphatic carbocycles. The molecule has 0 spiro atoms. The predicted molar refractivity (Wildman–Crippen MR) is 78.7 cm³/mol. The van der Waals surface area contributed by atoms with Gasteiger partial charge < -0.3 is 24.5 Å². The van der Waals surface area contributed by atoms with Crippen molar-refractivity contribution in [1.82, 2.24) is 0 Å². The minimum Gasteiger partial charge on any atom is -0.396 e. The minimum absolute atomic E-state index is 0.0988. The Hall–Kier alpha value is -1.27. The van der Waals surface area contributed by atoms with Crippen molar-refractivity contribution in [3.63, 3.8) is 0 Å². The molecule has 5 nitrogen and oxygen atoms in total. The second-order valence-corrected chi connectivity index (χ2v) is 6.34. The Morgan fingerprint density at radius 3 is 2.82 bits per heavy atom. The second kappa shape index (κ2) is 6.46. The average molecular weight is 306 g/mol. The molecule has 1 heterocycles. The fraction of sp³-hybridized carbons (Fsp3) is 0.588. The van der Waals surface area contributed by atoms with Crippen LogP contribution in [0.4, 0.5) is 0 Å². The highest BCUT2D eigenvalue weighted by atomic mass is 16.6. The Balaban J connectivity index is 1.68. The van der Waals surface area contributed by atoms with E-state index in [0.717, 1.165) is 11.8 Å². The standard InChI is InChI=1S/C17H22O5/c18-7-13-6-14-16(20)22-11-17(14,10-19)15(13)9-21-8-12-4-2-1-3-5-12/h1-5,7,13-16,19-20H,6,8-11H2/t13-,14+,15+,16?,17-/m1/s1. The van der Waals surface area contributed by atoms with E-state index >= 15 is 0 Å². The van der Waals surface area contributed by atoms with Crippen LogP contribution < -0.4 is 0 Å². The Bertz CT molecular complexity index is 505. The molecule has 120 valence electrons. The maximum Gasteiger partial charge on any atom is 0.158 e. The van der Waals surface area contributed by atoms with Crippen molar-refractivity contribution in [2.45, 2.75) is 19.3 Å². The fourth-order valence-corrected chi connectivity index (χ4v) is 3.96. The first-order chi connectivity index (χ1) is 10.7. The van der Waals surface area contributed by atoms with Crippen LogP contribution in [0.25, 0.3) is 0 Å². The molecule has 1 aromatic carbocycles. The van der Waals surface area contributed by atoms with Gasteiger partial charge in [0.15, 0.2) is 6.29 Å². The van der Waals surface area contributed by atoms with Crippen molar-refractivity contribution >= 4 is 6.29 Å². The molecule has 5 atom stereocenters. The van der Waals surface area contributed by atoms with Crippen LogP contribution in [0.5, 0.6) is 0 Å². The van der Waals surface area contributed by atoms with Crippen LogP contribution in [0.1, 0.15) is 12.0 Å². The third-order valence-electron chi connectivity index (χ3n) is 5.26. The molecule has 2 aliphatic rings. The third kappa shape index (κ3) is 2.58. The summed E-state index contributed by atoms with van der Waals surface area (Å²) in [6.07, 6.45) is 0.581. The highest BCUT2D eigenvalue weighted by Gasteiger charge is 2.61. The monoisotopic (exact) mass is 306 g/mol. The molecule has 1 aromatic rings. The minimum atomic E-state index is -0.895. The number of benzene rings is 1. The first-order valence-corrected chi connectivity index (χ1v) is 7.69. The van der Waals surface area contributed by atoms with Gasteiger partial charge in [0.05, 0.1) is 26.4 Å². The van der Waals surface area contributed by atoms with Crippen LogP contribution in [0.2, 0.25) is 0 Å². The lowest BCUT2D eigenvalue weighted by Crippen LogP contribution is -2.40. The van der Waals surface area contributed by atoms with Gasteiger partial charge in [-0.05, 0) is 12.0 Å². The summed E-state index contributed by atoms with van der Waals surface area (Å²) in [6, 6.07) is 9.83. The van der Waals surface area contributed by atoms with Crippen molar-refractivity contribution in [2.24, 2.45) is 23.2 Å². The highest BCUT2D eigenvalue weighted by molar-refractivity contribution is 5.55. The van der Waals surface area contributed by atoms with E-state index in [0.29, 0.717) is 19.6 Å². The molecule has 1 aliphatic heterocycles. The lowest BCUT2D eigenvalue weighted by molar-refractivity contribution is -0.116. The second-order valence-electron chi connectivity index (χ2n) is 6.34. The van der Waals surface area contributed by atoms with E-state index in [9.17, 15) is 15.0 Å². The van der Waals surface area contributed by atoms with Crippen LogP contribution in [-0.4, -0.2) is 42.6 Å². The van der Waals surface area contributed by atoms with Crippen molar-refractivity contribution in [3.8, 4) is 0 Å². The van der Waals surface area contributed by atoms with Crippen LogP contribution in [-0.2, 0) is 20.9 Å². The fourth-order valence-electron chi connectivity index (χ4n) is 3.96. The largest absolute Gasteiger partial charge is 0.396 e. The number of carbonyl (C=O) groups is 1. The molecule has 0 bridgehead atoms. The SMILES string of the molecule is O=C[C@H]1C[C@H]2C(O)OC[C@@]2(CO)[C@H]1COCc1ccccc1.